The van der Waals surface area contributed by atoms with E-state index in [-0.39, 0.29) is 12.5 Å². The van der Waals surface area contributed by atoms with Crippen molar-refractivity contribution < 1.29 is 9.53 Å². The minimum atomic E-state index is -0.237. The highest BCUT2D eigenvalue weighted by Gasteiger charge is 2.08. The van der Waals surface area contributed by atoms with E-state index < -0.39 is 0 Å². The first-order valence-electron chi connectivity index (χ1n) is 5.68. The summed E-state index contributed by atoms with van der Waals surface area (Å²) >= 11 is 12.5. The molecule has 0 aromatic heterocycles. The van der Waals surface area contributed by atoms with E-state index >= 15 is 0 Å². The lowest BCUT2D eigenvalue weighted by atomic mass is 10.3. The third-order valence-electron chi connectivity index (χ3n) is 2.40. The number of amides is 1. The highest BCUT2D eigenvalue weighted by atomic mass is 79.9. The number of carbonyl (C=O) groups excluding carboxylic acids is 1. The van der Waals surface area contributed by atoms with Crippen LogP contribution in [0.5, 0.6) is 5.75 Å². The van der Waals surface area contributed by atoms with Gasteiger partial charge in [0.25, 0.3) is 5.91 Å². The van der Waals surface area contributed by atoms with Gasteiger partial charge in [-0.25, -0.2) is 0 Å². The van der Waals surface area contributed by atoms with Gasteiger partial charge in [-0.3, -0.25) is 4.79 Å². The molecule has 0 unspecified atom stereocenters. The Balaban J connectivity index is 1.94. The number of nitrogens with one attached hydrogen (secondary N) is 1. The van der Waals surface area contributed by atoms with Gasteiger partial charge < -0.3 is 10.1 Å². The summed E-state index contributed by atoms with van der Waals surface area (Å²) < 4.78 is 6.96. The number of rotatable bonds is 4. The number of halogens is 3. The topological polar surface area (TPSA) is 38.3 Å². The smallest absolute Gasteiger partial charge is 0.262 e. The normalized spacial score (nSPS) is 10.2. The number of anilines is 1. The van der Waals surface area contributed by atoms with E-state index in [0.717, 1.165) is 4.47 Å². The summed E-state index contributed by atoms with van der Waals surface area (Å²) in [6.45, 7) is -0.0818. The van der Waals surface area contributed by atoms with Gasteiger partial charge in [-0.2, -0.15) is 0 Å². The fourth-order valence-electron chi connectivity index (χ4n) is 1.48. The van der Waals surface area contributed by atoms with Gasteiger partial charge in [0, 0.05) is 9.50 Å². The van der Waals surface area contributed by atoms with Crippen molar-refractivity contribution in [1.29, 1.82) is 0 Å². The van der Waals surface area contributed by atoms with Crippen LogP contribution in [0.1, 0.15) is 0 Å². The Hall–Kier alpha value is -1.04. The summed E-state index contributed by atoms with van der Waals surface area (Å²) in [4.78, 5) is 11.8. The fourth-order valence-corrected chi connectivity index (χ4v) is 2.67. The molecule has 0 fully saturated rings. The zero-order chi connectivity index (χ0) is 14.5. The molecule has 3 nitrogen and oxygen atoms in total. The Labute approximate surface area is 138 Å². The second-order valence-corrected chi connectivity index (χ2v) is 6.04. The first-order chi connectivity index (χ1) is 9.56. The first kappa shape index (κ1) is 15.4. The molecule has 0 saturated carbocycles. The van der Waals surface area contributed by atoms with E-state index in [9.17, 15) is 4.79 Å². The average molecular weight is 420 g/mol. The minimum absolute atomic E-state index is 0.0818. The third kappa shape index (κ3) is 4.23. The lowest BCUT2D eigenvalue weighted by Crippen LogP contribution is -2.20. The fraction of sp³-hybridized carbons (Fsp3) is 0.0714. The van der Waals surface area contributed by atoms with Crippen molar-refractivity contribution in [3.05, 3.63) is 56.4 Å². The van der Waals surface area contributed by atoms with E-state index in [0.29, 0.717) is 20.9 Å². The Morgan fingerprint density at radius 3 is 2.60 bits per heavy atom. The average Bonchev–Trinajstić information content (AvgIpc) is 2.40. The number of carbonyl (C=O) groups is 1. The molecule has 1 amide bonds. The zero-order valence-corrected chi connectivity index (χ0v) is 14.1. The quantitative estimate of drug-likeness (QED) is 0.767. The zero-order valence-electron chi connectivity index (χ0n) is 10.2. The Bertz CT molecular complexity index is 634. The van der Waals surface area contributed by atoms with Crippen LogP contribution in [0, 0.1) is 0 Å². The molecule has 0 bridgehead atoms. The van der Waals surface area contributed by atoms with Crippen LogP contribution in [0.4, 0.5) is 5.69 Å². The molecule has 0 aliphatic carbocycles. The number of ether oxygens (including phenoxy) is 1. The third-order valence-corrected chi connectivity index (χ3v) is 3.95. The first-order valence-corrected chi connectivity index (χ1v) is 7.65. The second kappa shape index (κ2) is 7.11. The van der Waals surface area contributed by atoms with Gasteiger partial charge in [-0.15, -0.1) is 0 Å². The maximum atomic E-state index is 11.8. The maximum absolute atomic E-state index is 11.8. The molecule has 0 radical (unpaired) electrons. The summed E-state index contributed by atoms with van der Waals surface area (Å²) in [7, 11) is 0. The molecular formula is C14H10Br2ClNO2. The van der Waals surface area contributed by atoms with Gasteiger partial charge in [-0.1, -0.05) is 23.7 Å². The van der Waals surface area contributed by atoms with Gasteiger partial charge in [0.15, 0.2) is 6.61 Å². The van der Waals surface area contributed by atoms with Crippen molar-refractivity contribution >= 4 is 55.1 Å². The Kier molecular flexibility index (Phi) is 5.46. The van der Waals surface area contributed by atoms with Crippen LogP contribution in [-0.2, 0) is 4.79 Å². The van der Waals surface area contributed by atoms with Crippen LogP contribution in [0.25, 0.3) is 0 Å². The molecule has 2 aromatic carbocycles. The van der Waals surface area contributed by atoms with Crippen molar-refractivity contribution in [3.8, 4) is 5.75 Å². The summed E-state index contributed by atoms with van der Waals surface area (Å²) in [5.74, 6) is 0.329. The van der Waals surface area contributed by atoms with Crippen molar-refractivity contribution in [3.63, 3.8) is 0 Å². The molecule has 0 aliphatic rings. The molecular weight excluding hydrogens is 409 g/mol. The minimum Gasteiger partial charge on any atom is -0.483 e. The van der Waals surface area contributed by atoms with Gasteiger partial charge in [-0.05, 0) is 62.2 Å². The van der Waals surface area contributed by atoms with E-state index in [1.54, 1.807) is 24.3 Å². The highest BCUT2D eigenvalue weighted by molar-refractivity contribution is 9.11. The Morgan fingerprint density at radius 2 is 1.90 bits per heavy atom. The van der Waals surface area contributed by atoms with Crippen LogP contribution in [0.2, 0.25) is 5.02 Å². The molecule has 2 aromatic rings. The summed E-state index contributed by atoms with van der Waals surface area (Å²) in [5.41, 5.74) is 0.705. The second-order valence-electron chi connectivity index (χ2n) is 3.89. The van der Waals surface area contributed by atoms with Gasteiger partial charge >= 0.3 is 0 Å². The van der Waals surface area contributed by atoms with Crippen LogP contribution < -0.4 is 10.1 Å². The predicted octanol–water partition coefficient (Wildman–Crippen LogP) is 4.88. The molecule has 1 N–H and O–H groups in total. The van der Waals surface area contributed by atoms with Crippen LogP contribution in [0.3, 0.4) is 0 Å². The van der Waals surface area contributed by atoms with Gasteiger partial charge in [0.05, 0.1) is 10.2 Å². The molecule has 20 heavy (non-hydrogen) atoms. The standard InChI is InChI=1S/C14H10Br2ClNO2/c15-10-3-1-2-4-12(10)18-14(19)8-20-13-6-5-9(17)7-11(13)16/h1-7H,8H2,(H,18,19). The van der Waals surface area contributed by atoms with Gasteiger partial charge in [0.2, 0.25) is 0 Å². The monoisotopic (exact) mass is 417 g/mol. The molecule has 0 saturated heterocycles. The van der Waals surface area contributed by atoms with Crippen molar-refractivity contribution in [2.75, 3.05) is 11.9 Å². The number of para-hydroxylation sites is 1. The molecule has 0 heterocycles. The van der Waals surface area contributed by atoms with E-state index in [1.807, 2.05) is 18.2 Å². The lowest BCUT2D eigenvalue weighted by Gasteiger charge is -2.10. The number of hydrogen-bond acceptors (Lipinski definition) is 2. The van der Waals surface area contributed by atoms with Crippen LogP contribution in [-0.4, -0.2) is 12.5 Å². The van der Waals surface area contributed by atoms with Crippen molar-refractivity contribution in [2.24, 2.45) is 0 Å². The van der Waals surface area contributed by atoms with Crippen molar-refractivity contribution in [1.82, 2.24) is 0 Å². The lowest BCUT2D eigenvalue weighted by molar-refractivity contribution is -0.118. The van der Waals surface area contributed by atoms with E-state index in [4.69, 9.17) is 16.3 Å². The summed E-state index contributed by atoms with van der Waals surface area (Å²) in [5, 5.41) is 3.36. The maximum Gasteiger partial charge on any atom is 0.262 e. The van der Waals surface area contributed by atoms with Crippen LogP contribution in [0.15, 0.2) is 51.4 Å². The largest absolute Gasteiger partial charge is 0.483 e. The SMILES string of the molecule is O=C(COc1ccc(Cl)cc1Br)Nc1ccccc1Br. The molecule has 2 rings (SSSR count). The summed E-state index contributed by atoms with van der Waals surface area (Å²) in [6.07, 6.45) is 0. The Morgan fingerprint density at radius 1 is 1.15 bits per heavy atom. The molecule has 6 heteroatoms. The molecule has 104 valence electrons. The molecule has 0 spiro atoms. The van der Waals surface area contributed by atoms with E-state index in [2.05, 4.69) is 37.2 Å². The molecule has 0 aliphatic heterocycles. The van der Waals surface area contributed by atoms with Crippen LogP contribution >= 0.6 is 43.5 Å². The number of benzene rings is 2. The van der Waals surface area contributed by atoms with Crippen molar-refractivity contribution in [2.45, 2.75) is 0 Å². The van der Waals surface area contributed by atoms with Gasteiger partial charge in [0.1, 0.15) is 5.75 Å². The summed E-state index contributed by atoms with van der Waals surface area (Å²) in [6, 6.07) is 12.5. The highest BCUT2D eigenvalue weighted by Crippen LogP contribution is 2.28. The molecule has 0 atom stereocenters. The van der Waals surface area contributed by atoms with E-state index in [1.165, 1.54) is 0 Å². The predicted molar refractivity (Wildman–Crippen MR) is 87.4 cm³/mol. The number of hydrogen-bond donors (Lipinski definition) is 1.